The molecule has 0 aliphatic heterocycles. The van der Waals surface area contributed by atoms with Crippen molar-refractivity contribution >= 4 is 43.2 Å². The molecule has 37 heavy (non-hydrogen) atoms. The van der Waals surface area contributed by atoms with Crippen LogP contribution in [0.1, 0.15) is 5.56 Å². The Labute approximate surface area is 214 Å². The lowest BCUT2D eigenvalue weighted by Crippen LogP contribution is -2.41. The molecule has 3 aromatic carbocycles. The van der Waals surface area contributed by atoms with Gasteiger partial charge in [-0.2, -0.15) is 0 Å². The summed E-state index contributed by atoms with van der Waals surface area (Å²) < 4.78 is 14.1. The number of ether oxygens (including phenoxy) is 2. The summed E-state index contributed by atoms with van der Waals surface area (Å²) in [6.07, 6.45) is 0. The molecular formula is C27H23N3O6S. The van der Waals surface area contributed by atoms with Crippen LogP contribution in [0, 0.1) is 0 Å². The van der Waals surface area contributed by atoms with E-state index >= 15 is 0 Å². The number of hydrogen-bond acceptors (Lipinski definition) is 7. The van der Waals surface area contributed by atoms with E-state index in [0.29, 0.717) is 38.4 Å². The SMILES string of the molecule is COc1ccc(NC(=O)Cn2c(=O)n(Cc3ccccc3O)c(=O)c3sc4ccccc4c32)c(OC)c1. The van der Waals surface area contributed by atoms with Crippen LogP contribution in [0.25, 0.3) is 20.3 Å². The fraction of sp³-hybridized carbons (Fsp3) is 0.148. The Morgan fingerprint density at radius 3 is 2.49 bits per heavy atom. The minimum absolute atomic E-state index is 0.0267. The number of nitrogens with zero attached hydrogens (tertiary/aromatic N) is 2. The first-order valence-corrected chi connectivity index (χ1v) is 12.2. The fourth-order valence-electron chi connectivity index (χ4n) is 4.23. The number of rotatable bonds is 7. The molecule has 9 nitrogen and oxygen atoms in total. The van der Waals surface area contributed by atoms with Gasteiger partial charge in [0.2, 0.25) is 5.91 Å². The molecule has 5 rings (SSSR count). The molecule has 0 bridgehead atoms. The van der Waals surface area contributed by atoms with E-state index in [1.807, 2.05) is 24.3 Å². The van der Waals surface area contributed by atoms with Gasteiger partial charge in [-0.25, -0.2) is 4.79 Å². The molecule has 188 valence electrons. The van der Waals surface area contributed by atoms with E-state index in [2.05, 4.69) is 5.32 Å². The van der Waals surface area contributed by atoms with Crippen LogP contribution in [0.4, 0.5) is 5.69 Å². The zero-order valence-electron chi connectivity index (χ0n) is 20.1. The molecule has 5 aromatic rings. The van der Waals surface area contributed by atoms with Crippen LogP contribution < -0.4 is 26.0 Å². The maximum atomic E-state index is 13.7. The summed E-state index contributed by atoms with van der Waals surface area (Å²) in [7, 11) is 3.00. The first kappa shape index (κ1) is 24.1. The number of hydrogen-bond donors (Lipinski definition) is 2. The molecule has 0 radical (unpaired) electrons. The van der Waals surface area contributed by atoms with Crippen LogP contribution in [-0.4, -0.2) is 34.4 Å². The largest absolute Gasteiger partial charge is 0.508 e. The van der Waals surface area contributed by atoms with Crippen LogP contribution in [-0.2, 0) is 17.9 Å². The zero-order chi connectivity index (χ0) is 26.1. The van der Waals surface area contributed by atoms with Crippen molar-refractivity contribution < 1.29 is 19.4 Å². The first-order chi connectivity index (χ1) is 17.9. The molecule has 0 saturated carbocycles. The minimum atomic E-state index is -0.652. The molecule has 2 heterocycles. The number of carbonyl (C=O) groups excluding carboxylic acids is 1. The summed E-state index contributed by atoms with van der Waals surface area (Å²) in [6, 6.07) is 18.8. The van der Waals surface area contributed by atoms with Crippen LogP contribution in [0.2, 0.25) is 0 Å². The second kappa shape index (κ2) is 9.82. The van der Waals surface area contributed by atoms with Crippen molar-refractivity contribution in [3.05, 3.63) is 93.1 Å². The minimum Gasteiger partial charge on any atom is -0.508 e. The second-order valence-electron chi connectivity index (χ2n) is 8.28. The summed E-state index contributed by atoms with van der Waals surface area (Å²) in [5.74, 6) is 0.459. The van der Waals surface area contributed by atoms with Gasteiger partial charge >= 0.3 is 5.69 Å². The number of para-hydroxylation sites is 1. The number of amides is 1. The number of thiophene rings is 1. The van der Waals surface area contributed by atoms with E-state index in [4.69, 9.17) is 9.47 Å². The maximum absolute atomic E-state index is 13.7. The van der Waals surface area contributed by atoms with E-state index in [9.17, 15) is 19.5 Å². The Morgan fingerprint density at radius 1 is 0.973 bits per heavy atom. The molecule has 0 atom stereocenters. The number of methoxy groups -OCH3 is 2. The Kier molecular flexibility index (Phi) is 6.41. The van der Waals surface area contributed by atoms with E-state index in [1.165, 1.54) is 36.2 Å². The highest BCUT2D eigenvalue weighted by atomic mass is 32.1. The topological polar surface area (TPSA) is 112 Å². The average Bonchev–Trinajstić information content (AvgIpc) is 3.30. The van der Waals surface area contributed by atoms with Crippen LogP contribution in [0.3, 0.4) is 0 Å². The molecule has 2 N–H and O–H groups in total. The summed E-state index contributed by atoms with van der Waals surface area (Å²) in [6.45, 7) is -0.477. The van der Waals surface area contributed by atoms with Gasteiger partial charge in [-0.05, 0) is 24.3 Å². The number of phenols is 1. The molecule has 0 saturated heterocycles. The molecule has 0 aliphatic carbocycles. The zero-order valence-corrected chi connectivity index (χ0v) is 20.9. The van der Waals surface area contributed by atoms with Crippen molar-refractivity contribution in [1.82, 2.24) is 9.13 Å². The van der Waals surface area contributed by atoms with E-state index in [1.54, 1.807) is 36.4 Å². The lowest BCUT2D eigenvalue weighted by Gasteiger charge is -2.15. The lowest BCUT2D eigenvalue weighted by atomic mass is 10.2. The summed E-state index contributed by atoms with van der Waals surface area (Å²) in [5.41, 5.74) is 0.108. The third-order valence-electron chi connectivity index (χ3n) is 6.04. The van der Waals surface area contributed by atoms with Crippen molar-refractivity contribution in [2.75, 3.05) is 19.5 Å². The molecule has 0 fully saturated rings. The standard InChI is InChI=1S/C27H23N3O6S/c1-35-17-11-12-19(21(13-17)36-2)28-23(32)15-29-24-18-8-4-6-10-22(18)37-25(24)26(33)30(27(29)34)14-16-7-3-5-9-20(16)31/h3-13,31H,14-15H2,1-2H3,(H,28,32). The van der Waals surface area contributed by atoms with Crippen LogP contribution in [0.5, 0.6) is 17.2 Å². The highest BCUT2D eigenvalue weighted by Gasteiger charge is 2.21. The number of nitrogens with one attached hydrogen (secondary N) is 1. The number of aromatic hydroxyl groups is 1. The molecule has 0 unspecified atom stereocenters. The number of anilines is 1. The first-order valence-electron chi connectivity index (χ1n) is 11.3. The highest BCUT2D eigenvalue weighted by molar-refractivity contribution is 7.25. The van der Waals surface area contributed by atoms with Gasteiger partial charge in [0.05, 0.1) is 32.0 Å². The monoisotopic (exact) mass is 517 g/mol. The van der Waals surface area contributed by atoms with Gasteiger partial charge in [-0.15, -0.1) is 11.3 Å². The molecule has 1 amide bonds. The predicted molar refractivity (Wildman–Crippen MR) is 143 cm³/mol. The number of aromatic nitrogens is 2. The van der Waals surface area contributed by atoms with E-state index in [0.717, 1.165) is 9.27 Å². The van der Waals surface area contributed by atoms with Gasteiger partial charge in [0.15, 0.2) is 0 Å². The summed E-state index contributed by atoms with van der Waals surface area (Å²) in [5, 5.41) is 13.7. The van der Waals surface area contributed by atoms with Gasteiger partial charge in [-0.3, -0.25) is 18.7 Å². The Balaban J connectivity index is 1.63. The Hall–Kier alpha value is -4.57. The van der Waals surface area contributed by atoms with E-state index in [-0.39, 0.29) is 18.8 Å². The van der Waals surface area contributed by atoms with Gasteiger partial charge in [0.25, 0.3) is 5.56 Å². The van der Waals surface area contributed by atoms with E-state index < -0.39 is 17.2 Å². The normalized spacial score (nSPS) is 11.1. The average molecular weight is 518 g/mol. The number of fused-ring (bicyclic) bond motifs is 3. The number of benzene rings is 3. The van der Waals surface area contributed by atoms with Crippen molar-refractivity contribution in [2.24, 2.45) is 0 Å². The maximum Gasteiger partial charge on any atom is 0.332 e. The van der Waals surface area contributed by atoms with Crippen molar-refractivity contribution in [3.8, 4) is 17.2 Å². The van der Waals surface area contributed by atoms with Gasteiger partial charge in [0.1, 0.15) is 28.5 Å². The Bertz CT molecular complexity index is 1770. The van der Waals surface area contributed by atoms with Crippen molar-refractivity contribution in [3.63, 3.8) is 0 Å². The third kappa shape index (κ3) is 4.43. The number of phenolic OH excluding ortho intramolecular Hbond substituents is 1. The smallest absolute Gasteiger partial charge is 0.332 e. The van der Waals surface area contributed by atoms with Gasteiger partial charge in [0, 0.05) is 21.7 Å². The van der Waals surface area contributed by atoms with Gasteiger partial charge < -0.3 is 19.9 Å². The lowest BCUT2D eigenvalue weighted by molar-refractivity contribution is -0.116. The molecule has 10 heteroatoms. The van der Waals surface area contributed by atoms with Crippen molar-refractivity contribution in [2.45, 2.75) is 13.1 Å². The summed E-state index contributed by atoms with van der Waals surface area (Å²) in [4.78, 5) is 40.3. The summed E-state index contributed by atoms with van der Waals surface area (Å²) >= 11 is 1.26. The van der Waals surface area contributed by atoms with Crippen LogP contribution in [0.15, 0.2) is 76.3 Å². The molecule has 0 spiro atoms. The second-order valence-corrected chi connectivity index (χ2v) is 9.33. The van der Waals surface area contributed by atoms with Crippen LogP contribution >= 0.6 is 11.3 Å². The number of carbonyl (C=O) groups is 1. The van der Waals surface area contributed by atoms with Crippen molar-refractivity contribution in [1.29, 1.82) is 0 Å². The quantitative estimate of drug-likeness (QED) is 0.340. The fourth-order valence-corrected chi connectivity index (χ4v) is 5.39. The molecule has 2 aromatic heterocycles. The molecular weight excluding hydrogens is 494 g/mol. The van der Waals surface area contributed by atoms with Gasteiger partial charge in [-0.1, -0.05) is 36.4 Å². The Morgan fingerprint density at radius 2 is 1.73 bits per heavy atom. The highest BCUT2D eigenvalue weighted by Crippen LogP contribution is 2.32. The third-order valence-corrected chi connectivity index (χ3v) is 7.19. The predicted octanol–water partition coefficient (Wildman–Crippen LogP) is 3.79. The molecule has 0 aliphatic rings.